The molecule has 7 nitrogen and oxygen atoms in total. The van der Waals surface area contributed by atoms with Crippen molar-refractivity contribution in [3.63, 3.8) is 0 Å². The Morgan fingerprint density at radius 2 is 2.30 bits per heavy atom. The molecule has 2 aromatic rings. The molecule has 1 aliphatic heterocycles. The monoisotopic (exact) mass is 316 g/mol. The molecule has 1 atom stereocenters. The molecule has 0 unspecified atom stereocenters. The summed E-state index contributed by atoms with van der Waals surface area (Å²) in [6.07, 6.45) is 1.75. The van der Waals surface area contributed by atoms with Crippen LogP contribution in [0.3, 0.4) is 0 Å². The highest BCUT2D eigenvalue weighted by atomic mass is 16.5. The highest BCUT2D eigenvalue weighted by molar-refractivity contribution is 5.74. The molecule has 0 bridgehead atoms. The minimum Gasteiger partial charge on any atom is -0.496 e. The van der Waals surface area contributed by atoms with Crippen LogP contribution in [0.1, 0.15) is 31.7 Å². The molecule has 1 aliphatic rings. The Kier molecular flexibility index (Phi) is 4.45. The number of benzene rings is 1. The molecule has 0 radical (unpaired) electrons. The van der Waals surface area contributed by atoms with E-state index in [1.807, 2.05) is 31.2 Å². The Hall–Kier alpha value is -2.57. The second kappa shape index (κ2) is 6.68. The highest BCUT2D eigenvalue weighted by Crippen LogP contribution is 2.33. The van der Waals surface area contributed by atoms with Gasteiger partial charge in [-0.2, -0.15) is 4.98 Å². The number of nitrogens with zero attached hydrogens (tertiary/aromatic N) is 3. The topological polar surface area (TPSA) is 80.5 Å². The van der Waals surface area contributed by atoms with Crippen LogP contribution < -0.4 is 10.1 Å². The van der Waals surface area contributed by atoms with Crippen LogP contribution in [0.15, 0.2) is 28.8 Å². The summed E-state index contributed by atoms with van der Waals surface area (Å²) in [6.45, 7) is 3.19. The van der Waals surface area contributed by atoms with E-state index in [1.54, 1.807) is 12.0 Å². The molecule has 1 aromatic heterocycles. The maximum Gasteiger partial charge on any atom is 0.318 e. The van der Waals surface area contributed by atoms with E-state index in [2.05, 4.69) is 15.5 Å². The van der Waals surface area contributed by atoms with Crippen LogP contribution in [0, 0.1) is 0 Å². The Bertz CT molecular complexity index is 685. The predicted octanol–water partition coefficient (Wildman–Crippen LogP) is 2.61. The van der Waals surface area contributed by atoms with Gasteiger partial charge in [0.15, 0.2) is 0 Å². The van der Waals surface area contributed by atoms with Crippen molar-refractivity contribution >= 4 is 6.03 Å². The first-order valence-electron chi connectivity index (χ1n) is 7.76. The molecule has 1 saturated heterocycles. The van der Waals surface area contributed by atoms with Crippen molar-refractivity contribution in [3.05, 3.63) is 30.2 Å². The summed E-state index contributed by atoms with van der Waals surface area (Å²) in [5.74, 6) is 1.63. The summed E-state index contributed by atoms with van der Waals surface area (Å²) in [4.78, 5) is 18.3. The van der Waals surface area contributed by atoms with Crippen molar-refractivity contribution in [3.8, 4) is 17.1 Å². The first kappa shape index (κ1) is 15.3. The second-order valence-electron chi connectivity index (χ2n) is 5.34. The van der Waals surface area contributed by atoms with Crippen molar-refractivity contribution in [2.24, 2.45) is 0 Å². The van der Waals surface area contributed by atoms with E-state index in [1.165, 1.54) is 0 Å². The standard InChI is InChI=1S/C16H20N4O3/c1-3-17-16(21)20-10-6-8-12(20)15-18-14(19-23-15)11-7-4-5-9-13(11)22-2/h4-5,7,9,12H,3,6,8,10H2,1-2H3,(H,17,21)/t12-/m1/s1. The van der Waals surface area contributed by atoms with Gasteiger partial charge >= 0.3 is 6.03 Å². The molecule has 1 aromatic carbocycles. The van der Waals surface area contributed by atoms with Gasteiger partial charge in [-0.3, -0.25) is 0 Å². The zero-order valence-electron chi connectivity index (χ0n) is 13.3. The maximum absolute atomic E-state index is 12.1. The van der Waals surface area contributed by atoms with Crippen LogP contribution >= 0.6 is 0 Å². The number of hydrogen-bond acceptors (Lipinski definition) is 5. The molecule has 122 valence electrons. The Balaban J connectivity index is 1.85. The lowest BCUT2D eigenvalue weighted by molar-refractivity contribution is 0.181. The predicted molar refractivity (Wildman–Crippen MR) is 84.0 cm³/mol. The number of methoxy groups -OCH3 is 1. The van der Waals surface area contributed by atoms with E-state index < -0.39 is 0 Å². The number of carbonyl (C=O) groups is 1. The number of nitrogens with one attached hydrogen (secondary N) is 1. The van der Waals surface area contributed by atoms with Gasteiger partial charge in [0.1, 0.15) is 11.8 Å². The summed E-state index contributed by atoms with van der Waals surface area (Å²) in [6, 6.07) is 7.25. The molecule has 7 heteroatoms. The van der Waals surface area contributed by atoms with Crippen LogP contribution in [-0.2, 0) is 0 Å². The number of ether oxygens (including phenoxy) is 1. The lowest BCUT2D eigenvalue weighted by atomic mass is 10.2. The summed E-state index contributed by atoms with van der Waals surface area (Å²) in [5, 5.41) is 6.88. The number of aromatic nitrogens is 2. The summed E-state index contributed by atoms with van der Waals surface area (Å²) in [5.41, 5.74) is 0.771. The van der Waals surface area contributed by atoms with Crippen LogP contribution in [0.2, 0.25) is 0 Å². The van der Waals surface area contributed by atoms with E-state index in [9.17, 15) is 4.79 Å². The number of amides is 2. The summed E-state index contributed by atoms with van der Waals surface area (Å²) in [7, 11) is 1.60. The fourth-order valence-corrected chi connectivity index (χ4v) is 2.83. The number of para-hydroxylation sites is 1. The minimum atomic E-state index is -0.169. The van der Waals surface area contributed by atoms with Crippen LogP contribution in [0.5, 0.6) is 5.75 Å². The van der Waals surface area contributed by atoms with Gasteiger partial charge in [0, 0.05) is 13.1 Å². The molecule has 0 aliphatic carbocycles. The Morgan fingerprint density at radius 1 is 1.48 bits per heavy atom. The van der Waals surface area contributed by atoms with Gasteiger partial charge in [0.2, 0.25) is 11.7 Å². The normalized spacial score (nSPS) is 17.3. The molecule has 2 heterocycles. The molecular formula is C16H20N4O3. The van der Waals surface area contributed by atoms with Crippen LogP contribution in [0.25, 0.3) is 11.4 Å². The fraction of sp³-hybridized carbons (Fsp3) is 0.438. The first-order chi connectivity index (χ1) is 11.2. The molecule has 1 N–H and O–H groups in total. The van der Waals surface area contributed by atoms with Gasteiger partial charge in [-0.05, 0) is 31.9 Å². The average Bonchev–Trinajstić information content (AvgIpc) is 3.23. The van der Waals surface area contributed by atoms with Gasteiger partial charge in [-0.15, -0.1) is 0 Å². The zero-order chi connectivity index (χ0) is 16.2. The van der Waals surface area contributed by atoms with Gasteiger partial charge in [0.05, 0.1) is 12.7 Å². The molecule has 1 fully saturated rings. The SMILES string of the molecule is CCNC(=O)N1CCC[C@@H]1c1nc(-c2ccccc2OC)no1. The number of urea groups is 1. The van der Waals surface area contributed by atoms with Crippen LogP contribution in [-0.4, -0.2) is 41.3 Å². The minimum absolute atomic E-state index is 0.0907. The zero-order valence-corrected chi connectivity index (χ0v) is 13.3. The van der Waals surface area contributed by atoms with E-state index in [0.29, 0.717) is 30.6 Å². The molecule has 0 spiro atoms. The van der Waals surface area contributed by atoms with E-state index in [-0.39, 0.29) is 12.1 Å². The number of likely N-dealkylation sites (tertiary alicyclic amines) is 1. The number of rotatable bonds is 4. The smallest absolute Gasteiger partial charge is 0.318 e. The van der Waals surface area contributed by atoms with E-state index in [4.69, 9.17) is 9.26 Å². The molecule has 2 amide bonds. The summed E-state index contributed by atoms with van der Waals surface area (Å²) < 4.78 is 10.8. The molecule has 23 heavy (non-hydrogen) atoms. The largest absolute Gasteiger partial charge is 0.496 e. The van der Waals surface area contributed by atoms with Gasteiger partial charge in [-0.25, -0.2) is 4.79 Å². The Morgan fingerprint density at radius 3 is 3.09 bits per heavy atom. The van der Waals surface area contributed by atoms with Crippen molar-refractivity contribution in [2.75, 3.05) is 20.2 Å². The molecular weight excluding hydrogens is 296 g/mol. The third-order valence-electron chi connectivity index (χ3n) is 3.92. The van der Waals surface area contributed by atoms with Gasteiger partial charge in [-0.1, -0.05) is 17.3 Å². The fourth-order valence-electron chi connectivity index (χ4n) is 2.83. The second-order valence-corrected chi connectivity index (χ2v) is 5.34. The molecule has 3 rings (SSSR count). The maximum atomic E-state index is 12.1. The Labute approximate surface area is 134 Å². The van der Waals surface area contributed by atoms with Crippen molar-refractivity contribution in [1.29, 1.82) is 0 Å². The van der Waals surface area contributed by atoms with Gasteiger partial charge < -0.3 is 19.5 Å². The average molecular weight is 316 g/mol. The third-order valence-corrected chi connectivity index (χ3v) is 3.92. The molecule has 0 saturated carbocycles. The lowest BCUT2D eigenvalue weighted by Crippen LogP contribution is -2.39. The van der Waals surface area contributed by atoms with Crippen molar-refractivity contribution in [1.82, 2.24) is 20.4 Å². The van der Waals surface area contributed by atoms with Gasteiger partial charge in [0.25, 0.3) is 0 Å². The number of carbonyl (C=O) groups excluding carboxylic acids is 1. The van der Waals surface area contributed by atoms with E-state index in [0.717, 1.165) is 18.4 Å². The first-order valence-corrected chi connectivity index (χ1v) is 7.76. The van der Waals surface area contributed by atoms with Crippen molar-refractivity contribution < 1.29 is 14.1 Å². The van der Waals surface area contributed by atoms with Crippen molar-refractivity contribution in [2.45, 2.75) is 25.8 Å². The number of hydrogen-bond donors (Lipinski definition) is 1. The highest BCUT2D eigenvalue weighted by Gasteiger charge is 2.34. The summed E-state index contributed by atoms with van der Waals surface area (Å²) >= 11 is 0. The quantitative estimate of drug-likeness (QED) is 0.938. The van der Waals surface area contributed by atoms with Crippen LogP contribution in [0.4, 0.5) is 4.79 Å². The third kappa shape index (κ3) is 2.99. The van der Waals surface area contributed by atoms with E-state index >= 15 is 0 Å². The lowest BCUT2D eigenvalue weighted by Gasteiger charge is -2.21.